The van der Waals surface area contributed by atoms with Crippen molar-refractivity contribution in [1.82, 2.24) is 0 Å². The molecule has 2 fully saturated rings. The van der Waals surface area contributed by atoms with E-state index in [1.54, 1.807) is 7.11 Å². The second kappa shape index (κ2) is 12.5. The summed E-state index contributed by atoms with van der Waals surface area (Å²) in [6.07, 6.45) is 19.0. The van der Waals surface area contributed by atoms with Crippen molar-refractivity contribution in [2.75, 3.05) is 7.11 Å². The Morgan fingerprint density at radius 2 is 1.52 bits per heavy atom. The van der Waals surface area contributed by atoms with Crippen molar-refractivity contribution in [3.63, 3.8) is 0 Å². The van der Waals surface area contributed by atoms with Crippen LogP contribution in [0.2, 0.25) is 0 Å². The SMILES string of the molecule is CCC(CC(=O)[C]1[CH][CH][CH][CH]1)c1ccccc1OC.[CH]1[CH][CH][CH][CH]1.[Fe+2]. The van der Waals surface area contributed by atoms with Gasteiger partial charge in [-0.15, -0.1) is 0 Å². The Morgan fingerprint density at radius 1 is 0.960 bits per heavy atom. The van der Waals surface area contributed by atoms with Crippen molar-refractivity contribution < 1.29 is 26.6 Å². The zero-order chi connectivity index (χ0) is 17.2. The number of ether oxygens (including phenoxy) is 1. The maximum atomic E-state index is 12.2. The van der Waals surface area contributed by atoms with Gasteiger partial charge in [-0.3, -0.25) is 4.79 Å². The molecule has 1 unspecified atom stereocenters. The minimum atomic E-state index is 0. The summed E-state index contributed by atoms with van der Waals surface area (Å²) in [6.45, 7) is 2.11. The zero-order valence-electron chi connectivity index (χ0n) is 14.7. The number of hydrogen-bond acceptors (Lipinski definition) is 2. The van der Waals surface area contributed by atoms with Crippen LogP contribution in [-0.4, -0.2) is 12.9 Å². The van der Waals surface area contributed by atoms with Crippen LogP contribution in [-0.2, 0) is 21.9 Å². The van der Waals surface area contributed by atoms with E-state index >= 15 is 0 Å². The van der Waals surface area contributed by atoms with E-state index in [4.69, 9.17) is 4.74 Å². The predicted molar refractivity (Wildman–Crippen MR) is 97.6 cm³/mol. The number of carbonyl (C=O) groups is 1. The summed E-state index contributed by atoms with van der Waals surface area (Å²) in [4.78, 5) is 12.2. The van der Waals surface area contributed by atoms with Crippen LogP contribution < -0.4 is 4.74 Å². The van der Waals surface area contributed by atoms with Crippen LogP contribution in [0.15, 0.2) is 24.3 Å². The molecule has 2 aliphatic carbocycles. The van der Waals surface area contributed by atoms with Gasteiger partial charge in [-0.2, -0.15) is 0 Å². The molecule has 0 saturated heterocycles. The van der Waals surface area contributed by atoms with Gasteiger partial charge in [-0.05, 0) is 81.8 Å². The number of benzene rings is 1. The van der Waals surface area contributed by atoms with Crippen LogP contribution >= 0.6 is 0 Å². The van der Waals surface area contributed by atoms with Gasteiger partial charge < -0.3 is 4.74 Å². The molecule has 0 N–H and O–H groups in total. The van der Waals surface area contributed by atoms with Crippen molar-refractivity contribution in [2.45, 2.75) is 25.7 Å². The fourth-order valence-electron chi connectivity index (χ4n) is 2.70. The van der Waals surface area contributed by atoms with Gasteiger partial charge in [-0.25, -0.2) is 0 Å². The van der Waals surface area contributed by atoms with Gasteiger partial charge in [0, 0.05) is 12.3 Å². The van der Waals surface area contributed by atoms with Gasteiger partial charge in [0.05, 0.1) is 7.11 Å². The predicted octanol–water partition coefficient (Wildman–Crippen LogP) is 4.57. The van der Waals surface area contributed by atoms with Crippen molar-refractivity contribution in [3.05, 3.63) is 93.5 Å². The Bertz CT molecular complexity index is 483. The van der Waals surface area contributed by atoms with E-state index in [0.29, 0.717) is 6.42 Å². The number of methoxy groups -OCH3 is 1. The van der Waals surface area contributed by atoms with Gasteiger partial charge in [0.2, 0.25) is 0 Å². The average molecular weight is 376 g/mol. The molecule has 2 nitrogen and oxygen atoms in total. The normalized spacial score (nSPS) is 18.0. The van der Waals surface area contributed by atoms with E-state index in [1.165, 1.54) is 0 Å². The second-order valence-corrected chi connectivity index (χ2v) is 5.61. The first-order valence-electron chi connectivity index (χ1n) is 8.30. The molecule has 25 heavy (non-hydrogen) atoms. The largest absolute Gasteiger partial charge is 2.00 e. The molecule has 0 aromatic heterocycles. The minimum Gasteiger partial charge on any atom is -0.496 e. The first-order chi connectivity index (χ1) is 11.8. The molecule has 2 aliphatic rings. The van der Waals surface area contributed by atoms with Gasteiger partial charge in [0.25, 0.3) is 0 Å². The molecule has 1 aromatic carbocycles. The van der Waals surface area contributed by atoms with E-state index < -0.39 is 0 Å². The molecule has 0 amide bonds. The molecule has 130 valence electrons. The van der Waals surface area contributed by atoms with Crippen molar-refractivity contribution >= 4 is 5.78 Å². The topological polar surface area (TPSA) is 26.3 Å². The fourth-order valence-corrected chi connectivity index (χ4v) is 2.70. The number of Topliss-reactive ketones (excluding diaryl/α,β-unsaturated/α-hetero) is 1. The quantitative estimate of drug-likeness (QED) is 0.680. The number of para-hydroxylation sites is 1. The van der Waals surface area contributed by atoms with E-state index in [-0.39, 0.29) is 28.8 Å². The Hall–Kier alpha value is -0.791. The molecule has 3 rings (SSSR count). The molecular formula is C22H24FeO2+2. The molecule has 3 heteroatoms. The second-order valence-electron chi connectivity index (χ2n) is 5.61. The van der Waals surface area contributed by atoms with E-state index in [0.717, 1.165) is 23.7 Å². The maximum Gasteiger partial charge on any atom is 2.00 e. The summed E-state index contributed by atoms with van der Waals surface area (Å²) in [5.41, 5.74) is 1.12. The molecule has 10 radical (unpaired) electrons. The number of rotatable bonds is 6. The fraction of sp³-hybridized carbons (Fsp3) is 0.227. The zero-order valence-corrected chi connectivity index (χ0v) is 15.8. The Labute approximate surface area is 164 Å². The minimum absolute atomic E-state index is 0. The third-order valence-electron chi connectivity index (χ3n) is 4.04. The van der Waals surface area contributed by atoms with Crippen LogP contribution in [0.3, 0.4) is 0 Å². The maximum absolute atomic E-state index is 12.2. The summed E-state index contributed by atoms with van der Waals surface area (Å²) in [5.74, 6) is 2.07. The molecule has 0 heterocycles. The van der Waals surface area contributed by atoms with Crippen LogP contribution in [0.5, 0.6) is 5.75 Å². The standard InChI is InChI=1S/C17H19O2.C5H5.Fe/c1-3-13(12-16(18)14-8-4-5-9-14)15-10-6-7-11-17(15)19-2;1-2-4-5-3-1;/h4-11,13H,3,12H2,1-2H3;1-5H;/q;;+2. The van der Waals surface area contributed by atoms with Gasteiger partial charge >= 0.3 is 17.1 Å². The average Bonchev–Trinajstić information content (AvgIpc) is 3.35. The van der Waals surface area contributed by atoms with Crippen LogP contribution in [0.25, 0.3) is 0 Å². The van der Waals surface area contributed by atoms with Crippen molar-refractivity contribution in [3.8, 4) is 5.75 Å². The summed E-state index contributed by atoms with van der Waals surface area (Å²) >= 11 is 0. The monoisotopic (exact) mass is 376 g/mol. The third-order valence-corrected chi connectivity index (χ3v) is 4.04. The van der Waals surface area contributed by atoms with E-state index in [2.05, 4.69) is 6.92 Å². The van der Waals surface area contributed by atoms with Crippen molar-refractivity contribution in [1.29, 1.82) is 0 Å². The first-order valence-corrected chi connectivity index (χ1v) is 8.30. The van der Waals surface area contributed by atoms with Gasteiger partial charge in [-0.1, -0.05) is 25.1 Å². The summed E-state index contributed by atoms with van der Waals surface area (Å²) < 4.78 is 5.39. The van der Waals surface area contributed by atoms with E-state index in [9.17, 15) is 4.79 Å². The summed E-state index contributed by atoms with van der Waals surface area (Å²) in [6, 6.07) is 7.94. The van der Waals surface area contributed by atoms with Crippen molar-refractivity contribution in [2.24, 2.45) is 0 Å². The molecule has 1 aromatic rings. The number of carbonyl (C=O) groups excluding carboxylic acids is 1. The smallest absolute Gasteiger partial charge is 0.496 e. The Kier molecular flexibility index (Phi) is 11.2. The first kappa shape index (κ1) is 22.3. The number of ketones is 1. The molecule has 0 bridgehead atoms. The molecular weight excluding hydrogens is 352 g/mol. The summed E-state index contributed by atoms with van der Waals surface area (Å²) in [5, 5.41) is 0. The molecule has 2 saturated carbocycles. The number of hydrogen-bond donors (Lipinski definition) is 0. The summed E-state index contributed by atoms with van der Waals surface area (Å²) in [7, 11) is 1.67. The van der Waals surface area contributed by atoms with Crippen LogP contribution in [0, 0.1) is 63.7 Å². The molecule has 0 aliphatic heterocycles. The van der Waals surface area contributed by atoms with Gasteiger partial charge in [0.15, 0.2) is 0 Å². The van der Waals surface area contributed by atoms with Gasteiger partial charge in [0.1, 0.15) is 11.5 Å². The molecule has 1 atom stereocenters. The molecule has 0 spiro atoms. The van der Waals surface area contributed by atoms with E-state index in [1.807, 2.05) is 82.1 Å². The Balaban J connectivity index is 0.000000448. The van der Waals surface area contributed by atoms with Crippen LogP contribution in [0.4, 0.5) is 0 Å². The third kappa shape index (κ3) is 7.15. The Morgan fingerprint density at radius 3 is 2.04 bits per heavy atom. The van der Waals surface area contributed by atoms with Crippen LogP contribution in [0.1, 0.15) is 31.2 Å².